The lowest BCUT2D eigenvalue weighted by Gasteiger charge is -2.18. The van der Waals surface area contributed by atoms with E-state index in [9.17, 15) is 4.79 Å². The number of carbonyl (C=O) groups excluding carboxylic acids is 1. The van der Waals surface area contributed by atoms with Crippen LogP contribution in [0.4, 0.5) is 5.82 Å². The second-order valence-electron chi connectivity index (χ2n) is 3.88. The summed E-state index contributed by atoms with van der Waals surface area (Å²) in [6.45, 7) is 4.62. The van der Waals surface area contributed by atoms with Crippen LogP contribution in [0.2, 0.25) is 0 Å². The van der Waals surface area contributed by atoms with E-state index in [0.717, 1.165) is 18.8 Å². The molecule has 0 fully saturated rings. The van der Waals surface area contributed by atoms with Crippen LogP contribution >= 0.6 is 0 Å². The number of nitrogens with zero attached hydrogens (tertiary/aromatic N) is 2. The monoisotopic (exact) mass is 190 g/mol. The highest BCUT2D eigenvalue weighted by Crippen LogP contribution is 2.25. The highest BCUT2D eigenvalue weighted by molar-refractivity contribution is 5.95. The van der Waals surface area contributed by atoms with Gasteiger partial charge in [-0.3, -0.25) is 9.69 Å². The topological polar surface area (TPSA) is 33.2 Å². The summed E-state index contributed by atoms with van der Waals surface area (Å²) in [5.74, 6) is 1.07. The number of pyridine rings is 1. The Morgan fingerprint density at radius 2 is 2.36 bits per heavy atom. The molecule has 1 amide bonds. The van der Waals surface area contributed by atoms with Gasteiger partial charge in [-0.05, 0) is 18.1 Å². The highest BCUT2D eigenvalue weighted by atomic mass is 16.2. The highest BCUT2D eigenvalue weighted by Gasteiger charge is 2.26. The maximum Gasteiger partial charge on any atom is 0.230 e. The van der Waals surface area contributed by atoms with E-state index in [2.05, 4.69) is 4.98 Å². The van der Waals surface area contributed by atoms with E-state index in [1.807, 2.05) is 26.0 Å². The maximum atomic E-state index is 11.8. The molecule has 0 radical (unpaired) electrons. The average molecular weight is 190 g/mol. The van der Waals surface area contributed by atoms with Crippen molar-refractivity contribution >= 4 is 11.7 Å². The summed E-state index contributed by atoms with van der Waals surface area (Å²) < 4.78 is 0. The van der Waals surface area contributed by atoms with Crippen LogP contribution in [0.5, 0.6) is 0 Å². The van der Waals surface area contributed by atoms with Crippen LogP contribution in [0.25, 0.3) is 0 Å². The summed E-state index contributed by atoms with van der Waals surface area (Å²) in [5, 5.41) is 0. The van der Waals surface area contributed by atoms with Gasteiger partial charge in [-0.25, -0.2) is 4.98 Å². The van der Waals surface area contributed by atoms with E-state index in [4.69, 9.17) is 0 Å². The molecule has 0 spiro atoms. The van der Waals surface area contributed by atoms with Crippen molar-refractivity contribution in [2.24, 2.45) is 5.92 Å². The van der Waals surface area contributed by atoms with Crippen molar-refractivity contribution in [3.8, 4) is 0 Å². The molecular weight excluding hydrogens is 176 g/mol. The minimum Gasteiger partial charge on any atom is -0.296 e. The molecule has 74 valence electrons. The molecule has 0 bridgehead atoms. The third kappa shape index (κ3) is 1.39. The second-order valence-corrected chi connectivity index (χ2v) is 3.88. The van der Waals surface area contributed by atoms with Crippen LogP contribution in [0.3, 0.4) is 0 Å². The second kappa shape index (κ2) is 3.40. The van der Waals surface area contributed by atoms with Gasteiger partial charge in [0.25, 0.3) is 0 Å². The van der Waals surface area contributed by atoms with E-state index in [0.29, 0.717) is 0 Å². The molecule has 14 heavy (non-hydrogen) atoms. The van der Waals surface area contributed by atoms with Crippen LogP contribution in [-0.4, -0.2) is 17.4 Å². The van der Waals surface area contributed by atoms with Crippen molar-refractivity contribution in [1.29, 1.82) is 0 Å². The molecule has 1 aromatic rings. The lowest BCUT2D eigenvalue weighted by Crippen LogP contribution is -2.33. The van der Waals surface area contributed by atoms with Crippen LogP contribution < -0.4 is 4.90 Å². The molecule has 1 aliphatic rings. The fraction of sp³-hybridized carbons (Fsp3) is 0.455. The van der Waals surface area contributed by atoms with Gasteiger partial charge in [0.2, 0.25) is 5.91 Å². The van der Waals surface area contributed by atoms with Gasteiger partial charge < -0.3 is 0 Å². The predicted molar refractivity (Wildman–Crippen MR) is 55.1 cm³/mol. The first-order chi connectivity index (χ1) is 6.70. The summed E-state index contributed by atoms with van der Waals surface area (Å²) in [5.41, 5.74) is 1.18. The van der Waals surface area contributed by atoms with E-state index in [1.165, 1.54) is 5.56 Å². The smallest absolute Gasteiger partial charge is 0.230 e. The summed E-state index contributed by atoms with van der Waals surface area (Å²) in [7, 11) is 0. The quantitative estimate of drug-likeness (QED) is 0.674. The standard InChI is InChI=1S/C11H14N2O/c1-8(2)11(14)13-7-5-9-4-3-6-12-10(9)13/h3-4,6,8H,5,7H2,1-2H3. The molecule has 0 saturated carbocycles. The number of anilines is 1. The van der Waals surface area contributed by atoms with E-state index < -0.39 is 0 Å². The first-order valence-corrected chi connectivity index (χ1v) is 4.95. The molecule has 0 N–H and O–H groups in total. The molecule has 0 aliphatic carbocycles. The molecule has 0 atom stereocenters. The summed E-state index contributed by atoms with van der Waals surface area (Å²) >= 11 is 0. The Balaban J connectivity index is 2.30. The van der Waals surface area contributed by atoms with Gasteiger partial charge in [0.1, 0.15) is 5.82 Å². The zero-order valence-corrected chi connectivity index (χ0v) is 8.53. The normalized spacial score (nSPS) is 14.6. The molecule has 2 heterocycles. The average Bonchev–Trinajstić information content (AvgIpc) is 2.60. The molecule has 3 nitrogen and oxygen atoms in total. The Morgan fingerprint density at radius 1 is 1.57 bits per heavy atom. The fourth-order valence-corrected chi connectivity index (χ4v) is 1.73. The SMILES string of the molecule is CC(C)C(=O)N1CCc2cccnc21. The number of aromatic nitrogens is 1. The summed E-state index contributed by atoms with van der Waals surface area (Å²) in [4.78, 5) is 17.8. The van der Waals surface area contributed by atoms with Crippen molar-refractivity contribution in [3.05, 3.63) is 23.9 Å². The van der Waals surface area contributed by atoms with E-state index >= 15 is 0 Å². The Labute approximate surface area is 83.8 Å². The Kier molecular flexibility index (Phi) is 2.23. The van der Waals surface area contributed by atoms with Gasteiger partial charge in [0.15, 0.2) is 0 Å². The van der Waals surface area contributed by atoms with Crippen LogP contribution in [0.15, 0.2) is 18.3 Å². The molecule has 0 saturated heterocycles. The largest absolute Gasteiger partial charge is 0.296 e. The minimum absolute atomic E-state index is 0.0444. The van der Waals surface area contributed by atoms with Crippen LogP contribution in [-0.2, 0) is 11.2 Å². The Bertz CT molecular complexity index is 360. The minimum atomic E-state index is 0.0444. The Hall–Kier alpha value is -1.38. The van der Waals surface area contributed by atoms with Gasteiger partial charge in [0.05, 0.1) is 0 Å². The third-order valence-electron chi connectivity index (χ3n) is 2.49. The van der Waals surface area contributed by atoms with Gasteiger partial charge in [-0.15, -0.1) is 0 Å². The van der Waals surface area contributed by atoms with Crippen LogP contribution in [0.1, 0.15) is 19.4 Å². The number of carbonyl (C=O) groups is 1. The molecule has 3 heteroatoms. The maximum absolute atomic E-state index is 11.8. The summed E-state index contributed by atoms with van der Waals surface area (Å²) in [6, 6.07) is 3.96. The van der Waals surface area contributed by atoms with Crippen molar-refractivity contribution in [1.82, 2.24) is 4.98 Å². The van der Waals surface area contributed by atoms with Crippen molar-refractivity contribution in [3.63, 3.8) is 0 Å². The molecule has 1 aromatic heterocycles. The van der Waals surface area contributed by atoms with Gasteiger partial charge in [0, 0.05) is 18.7 Å². The number of hydrogen-bond donors (Lipinski definition) is 0. The van der Waals surface area contributed by atoms with Crippen molar-refractivity contribution < 1.29 is 4.79 Å². The van der Waals surface area contributed by atoms with Gasteiger partial charge in [-0.1, -0.05) is 19.9 Å². The zero-order chi connectivity index (χ0) is 10.1. The van der Waals surface area contributed by atoms with Gasteiger partial charge in [-0.2, -0.15) is 0 Å². The first kappa shape index (κ1) is 9.19. The first-order valence-electron chi connectivity index (χ1n) is 4.95. The Morgan fingerprint density at radius 3 is 3.07 bits per heavy atom. The lowest BCUT2D eigenvalue weighted by atomic mass is 10.2. The molecule has 2 rings (SSSR count). The number of hydrogen-bond acceptors (Lipinski definition) is 2. The third-order valence-corrected chi connectivity index (χ3v) is 2.49. The molecule has 0 aromatic carbocycles. The predicted octanol–water partition coefficient (Wildman–Crippen LogP) is 1.63. The summed E-state index contributed by atoms with van der Waals surface area (Å²) in [6.07, 6.45) is 2.67. The lowest BCUT2D eigenvalue weighted by molar-refractivity contribution is -0.121. The molecule has 1 aliphatic heterocycles. The van der Waals surface area contributed by atoms with E-state index in [-0.39, 0.29) is 11.8 Å². The molecular formula is C11H14N2O. The number of amides is 1. The van der Waals surface area contributed by atoms with Crippen LogP contribution in [0, 0.1) is 5.92 Å². The van der Waals surface area contributed by atoms with Crippen molar-refractivity contribution in [2.45, 2.75) is 20.3 Å². The van der Waals surface area contributed by atoms with Crippen molar-refractivity contribution in [2.75, 3.05) is 11.4 Å². The van der Waals surface area contributed by atoms with E-state index in [1.54, 1.807) is 11.1 Å². The number of fused-ring (bicyclic) bond motifs is 1. The number of rotatable bonds is 1. The molecule has 0 unspecified atom stereocenters. The van der Waals surface area contributed by atoms with Gasteiger partial charge >= 0.3 is 0 Å². The fourth-order valence-electron chi connectivity index (χ4n) is 1.73. The zero-order valence-electron chi connectivity index (χ0n) is 8.53.